The molecular formula is C17H27ClN2OS. The van der Waals surface area contributed by atoms with Crippen molar-refractivity contribution >= 4 is 24.2 Å². The maximum atomic E-state index is 5.63. The molecule has 22 heavy (non-hydrogen) atoms. The van der Waals surface area contributed by atoms with Gasteiger partial charge in [-0.25, -0.2) is 0 Å². The Hall–Kier alpha value is -0.260. The maximum absolute atomic E-state index is 5.63. The summed E-state index contributed by atoms with van der Waals surface area (Å²) in [5, 5.41) is 7.42. The number of morpholine rings is 1. The summed E-state index contributed by atoms with van der Waals surface area (Å²) in [6.07, 6.45) is 4.01. The Labute approximate surface area is 144 Å². The number of benzene rings is 1. The average molecular weight is 343 g/mol. The number of rotatable bonds is 6. The van der Waals surface area contributed by atoms with Crippen LogP contribution >= 0.6 is 24.2 Å². The summed E-state index contributed by atoms with van der Waals surface area (Å²) in [4.78, 5) is 1.37. The van der Waals surface area contributed by atoms with E-state index in [9.17, 15) is 0 Å². The fraction of sp³-hybridized carbons (Fsp3) is 0.647. The van der Waals surface area contributed by atoms with Gasteiger partial charge in [0.25, 0.3) is 0 Å². The minimum absolute atomic E-state index is 0. The van der Waals surface area contributed by atoms with Crippen LogP contribution in [0.15, 0.2) is 35.2 Å². The monoisotopic (exact) mass is 342 g/mol. The van der Waals surface area contributed by atoms with E-state index in [0.717, 1.165) is 38.0 Å². The zero-order valence-electron chi connectivity index (χ0n) is 13.0. The van der Waals surface area contributed by atoms with Crippen LogP contribution in [0.5, 0.6) is 0 Å². The van der Waals surface area contributed by atoms with E-state index in [1.54, 1.807) is 0 Å². The van der Waals surface area contributed by atoms with Gasteiger partial charge in [0.2, 0.25) is 0 Å². The summed E-state index contributed by atoms with van der Waals surface area (Å²) < 4.78 is 5.63. The molecule has 3 unspecified atom stereocenters. The van der Waals surface area contributed by atoms with Gasteiger partial charge in [0.15, 0.2) is 0 Å². The van der Waals surface area contributed by atoms with E-state index in [4.69, 9.17) is 4.74 Å². The van der Waals surface area contributed by atoms with Crippen molar-refractivity contribution in [2.45, 2.75) is 36.2 Å². The van der Waals surface area contributed by atoms with Gasteiger partial charge in [-0.05, 0) is 30.9 Å². The van der Waals surface area contributed by atoms with E-state index in [2.05, 4.69) is 41.0 Å². The number of hydrogen-bond donors (Lipinski definition) is 2. The lowest BCUT2D eigenvalue weighted by Gasteiger charge is -2.33. The number of thioether (sulfide) groups is 1. The van der Waals surface area contributed by atoms with Crippen LogP contribution in [0.2, 0.25) is 0 Å². The lowest BCUT2D eigenvalue weighted by molar-refractivity contribution is 0.0527. The first-order valence-corrected chi connectivity index (χ1v) is 9.14. The highest BCUT2D eigenvalue weighted by Gasteiger charge is 2.34. The second-order valence-corrected chi connectivity index (χ2v) is 7.12. The van der Waals surface area contributed by atoms with Gasteiger partial charge in [-0.1, -0.05) is 24.6 Å². The molecule has 5 heteroatoms. The molecule has 1 aromatic rings. The first kappa shape index (κ1) is 18.1. The van der Waals surface area contributed by atoms with E-state index in [-0.39, 0.29) is 12.4 Å². The molecule has 1 saturated carbocycles. The van der Waals surface area contributed by atoms with Crippen molar-refractivity contribution in [3.8, 4) is 0 Å². The highest BCUT2D eigenvalue weighted by molar-refractivity contribution is 7.99. The molecule has 0 radical (unpaired) electrons. The molecule has 1 aliphatic carbocycles. The average Bonchev–Trinajstić information content (AvgIpc) is 3.02. The van der Waals surface area contributed by atoms with Gasteiger partial charge in [0.05, 0.1) is 13.2 Å². The summed E-state index contributed by atoms with van der Waals surface area (Å²) in [6, 6.07) is 11.9. The molecule has 2 N–H and O–H groups in total. The first-order valence-electron chi connectivity index (χ1n) is 8.16. The van der Waals surface area contributed by atoms with Crippen molar-refractivity contribution in [3.63, 3.8) is 0 Å². The van der Waals surface area contributed by atoms with Gasteiger partial charge in [-0.15, -0.1) is 24.2 Å². The Bertz CT molecular complexity index is 414. The highest BCUT2D eigenvalue weighted by atomic mass is 35.5. The maximum Gasteiger partial charge on any atom is 0.0623 e. The summed E-state index contributed by atoms with van der Waals surface area (Å²) in [5.41, 5.74) is 0. The van der Waals surface area contributed by atoms with E-state index in [1.807, 2.05) is 11.8 Å². The molecule has 3 rings (SSSR count). The topological polar surface area (TPSA) is 33.3 Å². The van der Waals surface area contributed by atoms with Crippen molar-refractivity contribution in [2.75, 3.05) is 32.1 Å². The predicted octanol–water partition coefficient (Wildman–Crippen LogP) is 2.95. The zero-order chi connectivity index (χ0) is 14.3. The van der Waals surface area contributed by atoms with Crippen LogP contribution in [-0.4, -0.2) is 44.1 Å². The van der Waals surface area contributed by atoms with Crippen molar-refractivity contribution in [2.24, 2.45) is 5.92 Å². The molecule has 124 valence electrons. The molecule has 3 nitrogen and oxygen atoms in total. The molecule has 1 aromatic carbocycles. The number of ether oxygens (including phenoxy) is 1. The normalized spacial score (nSPS) is 28.3. The zero-order valence-corrected chi connectivity index (χ0v) is 14.6. The fourth-order valence-corrected chi connectivity index (χ4v) is 4.32. The van der Waals surface area contributed by atoms with Crippen molar-refractivity contribution < 1.29 is 4.74 Å². The van der Waals surface area contributed by atoms with Gasteiger partial charge >= 0.3 is 0 Å². The first-order chi connectivity index (χ1) is 10.4. The Balaban J connectivity index is 0.00000176. The molecular weight excluding hydrogens is 316 g/mol. The van der Waals surface area contributed by atoms with E-state index >= 15 is 0 Å². The third kappa shape index (κ3) is 5.14. The van der Waals surface area contributed by atoms with Gasteiger partial charge in [-0.2, -0.15) is 0 Å². The van der Waals surface area contributed by atoms with Crippen LogP contribution in [0.4, 0.5) is 0 Å². The van der Waals surface area contributed by atoms with Crippen molar-refractivity contribution in [1.29, 1.82) is 0 Å². The molecule has 0 bridgehead atoms. The molecule has 1 aliphatic heterocycles. The molecule has 1 heterocycles. The van der Waals surface area contributed by atoms with E-state index < -0.39 is 0 Å². The molecule has 0 aromatic heterocycles. The predicted molar refractivity (Wildman–Crippen MR) is 96.2 cm³/mol. The smallest absolute Gasteiger partial charge is 0.0623 e. The Morgan fingerprint density at radius 2 is 2.09 bits per heavy atom. The number of hydrogen-bond acceptors (Lipinski definition) is 4. The minimum atomic E-state index is 0. The number of halogens is 1. The molecule has 2 aliphatic rings. The third-order valence-corrected chi connectivity index (χ3v) is 5.57. The van der Waals surface area contributed by atoms with Crippen LogP contribution in [-0.2, 0) is 4.74 Å². The van der Waals surface area contributed by atoms with Gasteiger partial charge in [0.1, 0.15) is 0 Å². The molecule has 0 spiro atoms. The molecule has 0 amide bonds. The van der Waals surface area contributed by atoms with Gasteiger partial charge in [0, 0.05) is 35.8 Å². The summed E-state index contributed by atoms with van der Waals surface area (Å²) >= 11 is 1.94. The lowest BCUT2D eigenvalue weighted by Crippen LogP contribution is -2.51. The summed E-state index contributed by atoms with van der Waals surface area (Å²) in [6.45, 7) is 3.86. The molecule has 2 fully saturated rings. The minimum Gasteiger partial charge on any atom is -0.379 e. The van der Waals surface area contributed by atoms with Crippen LogP contribution in [0.25, 0.3) is 0 Å². The Morgan fingerprint density at radius 3 is 2.86 bits per heavy atom. The standard InChI is InChI=1S/C17H26N2OS.ClH/c1-2-5-14(6-3-1)21-12-10-19-16-8-4-7-15(16)17-13-20-11-9-18-17;/h1-3,5-6,15-19H,4,7-13H2;1H. The second kappa shape index (κ2) is 9.78. The Morgan fingerprint density at radius 1 is 1.23 bits per heavy atom. The molecule has 1 saturated heterocycles. The largest absolute Gasteiger partial charge is 0.379 e. The Kier molecular flexibility index (Phi) is 8.04. The van der Waals surface area contributed by atoms with Crippen LogP contribution < -0.4 is 10.6 Å². The van der Waals surface area contributed by atoms with Gasteiger partial charge in [-0.3, -0.25) is 0 Å². The van der Waals surface area contributed by atoms with E-state index in [1.165, 1.54) is 24.2 Å². The number of nitrogens with one attached hydrogen (secondary N) is 2. The van der Waals surface area contributed by atoms with Crippen molar-refractivity contribution in [3.05, 3.63) is 30.3 Å². The van der Waals surface area contributed by atoms with Crippen LogP contribution in [0.1, 0.15) is 19.3 Å². The van der Waals surface area contributed by atoms with Crippen molar-refractivity contribution in [1.82, 2.24) is 10.6 Å². The van der Waals surface area contributed by atoms with Crippen LogP contribution in [0.3, 0.4) is 0 Å². The SMILES string of the molecule is Cl.c1ccc(SCCNC2CCCC2C2COCCN2)cc1. The lowest BCUT2D eigenvalue weighted by atomic mass is 9.94. The molecule has 3 atom stereocenters. The summed E-state index contributed by atoms with van der Waals surface area (Å²) in [7, 11) is 0. The third-order valence-electron chi connectivity index (χ3n) is 4.56. The quantitative estimate of drug-likeness (QED) is 0.615. The highest BCUT2D eigenvalue weighted by Crippen LogP contribution is 2.29. The fourth-order valence-electron chi connectivity index (χ4n) is 3.51. The second-order valence-electron chi connectivity index (χ2n) is 5.95. The van der Waals surface area contributed by atoms with E-state index in [0.29, 0.717) is 12.1 Å². The summed E-state index contributed by atoms with van der Waals surface area (Å²) in [5.74, 6) is 1.88. The van der Waals surface area contributed by atoms with Gasteiger partial charge < -0.3 is 15.4 Å². The van der Waals surface area contributed by atoms with Crippen LogP contribution in [0, 0.1) is 5.92 Å².